The molecule has 188 valence electrons. The van der Waals surface area contributed by atoms with Gasteiger partial charge in [0, 0.05) is 21.7 Å². The topological polar surface area (TPSA) is 82.3 Å². The molecule has 3 unspecified atom stereocenters. The number of carbonyl (C=O) groups excluding carboxylic acids is 2. The fourth-order valence-corrected chi connectivity index (χ4v) is 4.96. The quantitative estimate of drug-likeness (QED) is 0.143. The SMILES string of the molecule is O=C(NNC(=S)NC(F)C(F)F)c1cc(NC(=O)C2C(c3cc(Cl)cc(Cl)c3)C2(Cl)Cl)ccc1Cl. The molecule has 1 fully saturated rings. The number of benzene rings is 2. The molecule has 3 atom stereocenters. The lowest BCUT2D eigenvalue weighted by Gasteiger charge is -2.15. The number of rotatable bonds is 6. The largest absolute Gasteiger partial charge is 0.327 e. The van der Waals surface area contributed by atoms with E-state index in [1.807, 2.05) is 0 Å². The van der Waals surface area contributed by atoms with Crippen molar-refractivity contribution in [1.82, 2.24) is 16.2 Å². The Balaban J connectivity index is 1.67. The second-order valence-corrected chi connectivity index (χ2v) is 10.4. The molecule has 2 aromatic carbocycles. The third-order valence-corrected chi connectivity index (χ3v) is 6.76. The summed E-state index contributed by atoms with van der Waals surface area (Å²) >= 11 is 35.4. The predicted octanol–water partition coefficient (Wildman–Crippen LogP) is 5.84. The second kappa shape index (κ2) is 11.1. The molecule has 3 rings (SSSR count). The monoisotopic (exact) mass is 606 g/mol. The highest BCUT2D eigenvalue weighted by Crippen LogP contribution is 2.65. The number of nitrogens with one attached hydrogen (secondary N) is 4. The molecule has 6 nitrogen and oxygen atoms in total. The van der Waals surface area contributed by atoms with E-state index >= 15 is 0 Å². The average molecular weight is 609 g/mol. The van der Waals surface area contributed by atoms with Crippen molar-refractivity contribution in [1.29, 1.82) is 0 Å². The fourth-order valence-electron chi connectivity index (χ4n) is 3.22. The van der Waals surface area contributed by atoms with Crippen molar-refractivity contribution in [3.05, 3.63) is 62.6 Å². The van der Waals surface area contributed by atoms with Gasteiger partial charge in [0.15, 0.2) is 5.11 Å². The van der Waals surface area contributed by atoms with Gasteiger partial charge in [0.05, 0.1) is 16.5 Å². The van der Waals surface area contributed by atoms with E-state index in [1.165, 1.54) is 24.3 Å². The van der Waals surface area contributed by atoms with Gasteiger partial charge < -0.3 is 10.6 Å². The van der Waals surface area contributed by atoms with Crippen LogP contribution >= 0.6 is 70.2 Å². The molecule has 2 amide bonds. The van der Waals surface area contributed by atoms with Gasteiger partial charge in [-0.3, -0.25) is 20.4 Å². The lowest BCUT2D eigenvalue weighted by atomic mass is 10.1. The number of halogens is 8. The van der Waals surface area contributed by atoms with E-state index in [1.54, 1.807) is 17.4 Å². The van der Waals surface area contributed by atoms with E-state index in [9.17, 15) is 22.8 Å². The van der Waals surface area contributed by atoms with Crippen LogP contribution in [0.1, 0.15) is 21.8 Å². The minimum absolute atomic E-state index is 0.000902. The van der Waals surface area contributed by atoms with Gasteiger partial charge in [0.25, 0.3) is 12.3 Å². The molecule has 1 aliphatic carbocycles. The molecule has 0 saturated heterocycles. The lowest BCUT2D eigenvalue weighted by Crippen LogP contribution is -2.50. The van der Waals surface area contributed by atoms with Crippen LogP contribution in [0.2, 0.25) is 15.1 Å². The van der Waals surface area contributed by atoms with Gasteiger partial charge in [-0.05, 0) is 54.2 Å². The first kappa shape index (κ1) is 27.9. The van der Waals surface area contributed by atoms with Crippen molar-refractivity contribution in [2.24, 2.45) is 5.92 Å². The Morgan fingerprint density at radius 1 is 0.971 bits per heavy atom. The fraction of sp³-hybridized carbons (Fsp3) is 0.250. The smallest absolute Gasteiger partial charge is 0.287 e. The number of alkyl halides is 5. The number of thiocarbonyl (C=S) groups is 1. The molecular formula is C20H14Cl5F3N4O2S. The first-order valence-corrected chi connectivity index (χ1v) is 11.8. The van der Waals surface area contributed by atoms with Crippen molar-refractivity contribution in [2.75, 3.05) is 5.32 Å². The van der Waals surface area contributed by atoms with E-state index in [0.717, 1.165) is 0 Å². The standard InChI is InChI=1S/C20H14Cl5F3N4O2S/c21-8-3-7(4-9(22)5-8)13-14(20(13,24)25)18(34)29-10-1-2-12(23)11(6-10)17(33)31-32-19(35)30-16(28)15(26)27/h1-6,13-16H,(H,29,34)(H,31,33)(H2,30,32,35). The van der Waals surface area contributed by atoms with E-state index in [0.29, 0.717) is 15.6 Å². The lowest BCUT2D eigenvalue weighted by molar-refractivity contribution is -0.117. The molecule has 0 aliphatic heterocycles. The Hall–Kier alpha value is -1.69. The van der Waals surface area contributed by atoms with Gasteiger partial charge in [-0.15, -0.1) is 23.2 Å². The number of amides is 2. The van der Waals surface area contributed by atoms with Crippen molar-refractivity contribution in [3.63, 3.8) is 0 Å². The maximum Gasteiger partial charge on any atom is 0.287 e. The summed E-state index contributed by atoms with van der Waals surface area (Å²) in [4.78, 5) is 25.3. The third kappa shape index (κ3) is 6.75. The summed E-state index contributed by atoms with van der Waals surface area (Å²) in [6.07, 6.45) is -6.04. The Labute approximate surface area is 227 Å². The summed E-state index contributed by atoms with van der Waals surface area (Å²) in [5.41, 5.74) is 4.82. The summed E-state index contributed by atoms with van der Waals surface area (Å²) in [6, 6.07) is 8.77. The summed E-state index contributed by atoms with van der Waals surface area (Å²) < 4.78 is 36.0. The normalized spacial score (nSPS) is 19.0. The van der Waals surface area contributed by atoms with Crippen LogP contribution in [0.15, 0.2) is 36.4 Å². The number of anilines is 1. The average Bonchev–Trinajstić information content (AvgIpc) is 3.34. The van der Waals surface area contributed by atoms with E-state index < -0.39 is 45.8 Å². The Bertz CT molecular complexity index is 1150. The van der Waals surface area contributed by atoms with E-state index in [2.05, 4.69) is 28.4 Å². The van der Waals surface area contributed by atoms with Gasteiger partial charge in [-0.1, -0.05) is 34.8 Å². The van der Waals surface area contributed by atoms with Crippen LogP contribution in [0, 0.1) is 5.92 Å². The highest BCUT2D eigenvalue weighted by molar-refractivity contribution is 7.80. The first-order valence-electron chi connectivity index (χ1n) is 9.54. The molecule has 0 radical (unpaired) electrons. The minimum atomic E-state index is -3.32. The highest BCUT2D eigenvalue weighted by Gasteiger charge is 2.67. The van der Waals surface area contributed by atoms with Crippen LogP contribution in [0.25, 0.3) is 0 Å². The number of carbonyl (C=O) groups is 2. The maximum atomic E-state index is 13.0. The first-order chi connectivity index (χ1) is 16.3. The van der Waals surface area contributed by atoms with Crippen LogP contribution in [0.5, 0.6) is 0 Å². The van der Waals surface area contributed by atoms with Gasteiger partial charge in [-0.25, -0.2) is 13.2 Å². The molecule has 35 heavy (non-hydrogen) atoms. The van der Waals surface area contributed by atoms with Crippen LogP contribution in [-0.2, 0) is 4.79 Å². The molecule has 0 aromatic heterocycles. The summed E-state index contributed by atoms with van der Waals surface area (Å²) in [5.74, 6) is -2.80. The van der Waals surface area contributed by atoms with E-state index in [-0.39, 0.29) is 16.3 Å². The minimum Gasteiger partial charge on any atom is -0.327 e. The van der Waals surface area contributed by atoms with Crippen LogP contribution in [-0.4, -0.2) is 34.0 Å². The summed E-state index contributed by atoms with van der Waals surface area (Å²) in [5, 5.41) is 4.38. The number of hydrazine groups is 1. The molecule has 0 bridgehead atoms. The molecule has 15 heteroatoms. The second-order valence-electron chi connectivity index (χ2n) is 7.31. The zero-order valence-electron chi connectivity index (χ0n) is 17.0. The third-order valence-electron chi connectivity index (χ3n) is 4.84. The van der Waals surface area contributed by atoms with Crippen molar-refractivity contribution in [2.45, 2.75) is 23.0 Å². The van der Waals surface area contributed by atoms with Crippen LogP contribution in [0.3, 0.4) is 0 Å². The zero-order chi connectivity index (χ0) is 26.1. The van der Waals surface area contributed by atoms with Gasteiger partial charge >= 0.3 is 0 Å². The number of hydrogen-bond donors (Lipinski definition) is 4. The van der Waals surface area contributed by atoms with Crippen LogP contribution in [0.4, 0.5) is 18.9 Å². The molecular weight excluding hydrogens is 595 g/mol. The maximum absolute atomic E-state index is 13.0. The predicted molar refractivity (Wildman–Crippen MR) is 134 cm³/mol. The zero-order valence-corrected chi connectivity index (χ0v) is 21.6. The van der Waals surface area contributed by atoms with Gasteiger partial charge in [0.2, 0.25) is 12.2 Å². The Morgan fingerprint density at radius 2 is 1.60 bits per heavy atom. The van der Waals surface area contributed by atoms with Gasteiger partial charge in [-0.2, -0.15) is 0 Å². The molecule has 4 N–H and O–H groups in total. The summed E-state index contributed by atoms with van der Waals surface area (Å²) in [7, 11) is 0. The summed E-state index contributed by atoms with van der Waals surface area (Å²) in [6.45, 7) is 0. The molecule has 0 heterocycles. The molecule has 0 spiro atoms. The van der Waals surface area contributed by atoms with E-state index in [4.69, 9.17) is 58.0 Å². The van der Waals surface area contributed by atoms with Crippen molar-refractivity contribution >= 4 is 92.8 Å². The van der Waals surface area contributed by atoms with Gasteiger partial charge in [0.1, 0.15) is 4.33 Å². The van der Waals surface area contributed by atoms with Crippen molar-refractivity contribution < 1.29 is 22.8 Å². The Morgan fingerprint density at radius 3 is 2.20 bits per heavy atom. The highest BCUT2D eigenvalue weighted by atomic mass is 35.5. The Kier molecular flexibility index (Phi) is 8.88. The van der Waals surface area contributed by atoms with Crippen LogP contribution < -0.4 is 21.5 Å². The number of hydrogen-bond acceptors (Lipinski definition) is 3. The molecule has 2 aromatic rings. The van der Waals surface area contributed by atoms with Crippen molar-refractivity contribution in [3.8, 4) is 0 Å². The molecule has 1 saturated carbocycles. The molecule has 1 aliphatic rings.